The van der Waals surface area contributed by atoms with E-state index >= 15 is 0 Å². The van der Waals surface area contributed by atoms with Crippen LogP contribution in [0.3, 0.4) is 0 Å². The predicted molar refractivity (Wildman–Crippen MR) is 76.6 cm³/mol. The fourth-order valence-electron chi connectivity index (χ4n) is 2.76. The van der Waals surface area contributed by atoms with Crippen LogP contribution in [0.15, 0.2) is 12.7 Å². The number of nitrogens with one attached hydrogen (secondary N) is 1. The predicted octanol–water partition coefficient (Wildman–Crippen LogP) is 2.10. The maximum Gasteiger partial charge on any atom is 0.249 e. The number of carbonyl (C=O) groups excluding carboxylic acids is 2. The Labute approximate surface area is 116 Å². The van der Waals surface area contributed by atoms with Gasteiger partial charge in [0.05, 0.1) is 0 Å². The van der Waals surface area contributed by atoms with Gasteiger partial charge in [0.25, 0.3) is 0 Å². The number of carbonyl (C=O) groups is 2. The Morgan fingerprint density at radius 2 is 1.95 bits per heavy atom. The van der Waals surface area contributed by atoms with Gasteiger partial charge in [0.1, 0.15) is 11.6 Å². The van der Waals surface area contributed by atoms with E-state index in [1.165, 1.54) is 0 Å². The molecule has 0 aromatic heterocycles. The third-order valence-corrected chi connectivity index (χ3v) is 4.35. The van der Waals surface area contributed by atoms with Crippen LogP contribution in [0.2, 0.25) is 0 Å². The fraction of sp³-hybridized carbons (Fsp3) is 0.733. The Bertz CT molecular complexity index is 361. The topological polar surface area (TPSA) is 49.4 Å². The highest BCUT2D eigenvalue weighted by molar-refractivity contribution is 6.00. The Balaban J connectivity index is 3.16. The summed E-state index contributed by atoms with van der Waals surface area (Å²) < 4.78 is 0. The molecule has 1 saturated heterocycles. The van der Waals surface area contributed by atoms with E-state index in [1.807, 2.05) is 27.7 Å². The number of nitrogens with zero attached hydrogens (tertiary/aromatic N) is 1. The lowest BCUT2D eigenvalue weighted by atomic mass is 9.84. The van der Waals surface area contributed by atoms with Gasteiger partial charge >= 0.3 is 0 Å². The fourth-order valence-corrected chi connectivity index (χ4v) is 2.76. The third-order valence-electron chi connectivity index (χ3n) is 4.35. The number of piperazine rings is 1. The average molecular weight is 266 g/mol. The molecule has 1 heterocycles. The van der Waals surface area contributed by atoms with Gasteiger partial charge in [0.15, 0.2) is 0 Å². The van der Waals surface area contributed by atoms with Gasteiger partial charge in [-0.05, 0) is 18.8 Å². The number of hydrogen-bond acceptors (Lipinski definition) is 2. The van der Waals surface area contributed by atoms with Crippen LogP contribution in [0.5, 0.6) is 0 Å². The van der Waals surface area contributed by atoms with Crippen molar-refractivity contribution >= 4 is 11.8 Å². The summed E-state index contributed by atoms with van der Waals surface area (Å²) >= 11 is 0. The molecule has 1 aliphatic rings. The SMILES string of the molecule is C=CCN1C(=O)C(CC)(CC)NC(=O)C1C(C)CC. The number of hydrogen-bond donors (Lipinski definition) is 1. The lowest BCUT2D eigenvalue weighted by molar-refractivity contribution is -0.156. The second kappa shape index (κ2) is 6.22. The Hall–Kier alpha value is -1.32. The van der Waals surface area contributed by atoms with Gasteiger partial charge in [-0.3, -0.25) is 9.59 Å². The minimum absolute atomic E-state index is 0.0282. The maximum absolute atomic E-state index is 12.7. The second-order valence-corrected chi connectivity index (χ2v) is 5.36. The van der Waals surface area contributed by atoms with E-state index in [-0.39, 0.29) is 23.8 Å². The molecule has 0 spiro atoms. The van der Waals surface area contributed by atoms with Gasteiger partial charge in [-0.2, -0.15) is 0 Å². The molecule has 19 heavy (non-hydrogen) atoms. The lowest BCUT2D eigenvalue weighted by Gasteiger charge is -2.46. The smallest absolute Gasteiger partial charge is 0.249 e. The molecule has 0 saturated carbocycles. The summed E-state index contributed by atoms with van der Waals surface area (Å²) in [5, 5.41) is 2.97. The van der Waals surface area contributed by atoms with Crippen molar-refractivity contribution in [2.24, 2.45) is 5.92 Å². The largest absolute Gasteiger partial charge is 0.340 e. The van der Waals surface area contributed by atoms with Crippen LogP contribution >= 0.6 is 0 Å². The van der Waals surface area contributed by atoms with Gasteiger partial charge in [0, 0.05) is 6.54 Å². The standard InChI is InChI=1S/C15H26N2O2/c1-6-10-17-12(11(5)7-2)13(18)16-15(8-3,9-4)14(17)19/h6,11-12H,1,7-10H2,2-5H3,(H,16,18). The van der Waals surface area contributed by atoms with E-state index in [2.05, 4.69) is 11.9 Å². The van der Waals surface area contributed by atoms with Crippen LogP contribution in [-0.2, 0) is 9.59 Å². The van der Waals surface area contributed by atoms with Crippen LogP contribution < -0.4 is 5.32 Å². The summed E-state index contributed by atoms with van der Waals surface area (Å²) in [6, 6.07) is -0.373. The van der Waals surface area contributed by atoms with E-state index in [0.29, 0.717) is 19.4 Å². The highest BCUT2D eigenvalue weighted by Crippen LogP contribution is 2.28. The molecule has 2 unspecified atom stereocenters. The molecule has 4 heteroatoms. The van der Waals surface area contributed by atoms with Crippen LogP contribution in [0.4, 0.5) is 0 Å². The van der Waals surface area contributed by atoms with Crippen LogP contribution in [0.25, 0.3) is 0 Å². The summed E-state index contributed by atoms with van der Waals surface area (Å²) in [6.07, 6.45) is 3.80. The van der Waals surface area contributed by atoms with Crippen molar-refractivity contribution in [3.8, 4) is 0 Å². The van der Waals surface area contributed by atoms with Crippen molar-refractivity contribution in [3.63, 3.8) is 0 Å². The van der Waals surface area contributed by atoms with Gasteiger partial charge in [-0.15, -0.1) is 6.58 Å². The van der Waals surface area contributed by atoms with Crippen molar-refractivity contribution in [1.82, 2.24) is 10.2 Å². The molecular formula is C15H26N2O2. The summed E-state index contributed by atoms with van der Waals surface area (Å²) in [5.41, 5.74) is -0.732. The van der Waals surface area contributed by atoms with Crippen molar-refractivity contribution in [1.29, 1.82) is 0 Å². The normalized spacial score (nSPS) is 24.0. The minimum Gasteiger partial charge on any atom is -0.340 e. The minimum atomic E-state index is -0.732. The van der Waals surface area contributed by atoms with Gasteiger partial charge in [0.2, 0.25) is 11.8 Å². The maximum atomic E-state index is 12.7. The highest BCUT2D eigenvalue weighted by atomic mass is 16.2. The number of amides is 2. The molecule has 1 rings (SSSR count). The number of rotatable bonds is 6. The molecule has 2 amide bonds. The first kappa shape index (κ1) is 15.7. The second-order valence-electron chi connectivity index (χ2n) is 5.36. The molecule has 0 aromatic rings. The lowest BCUT2D eigenvalue weighted by Crippen LogP contribution is -2.71. The van der Waals surface area contributed by atoms with Crippen molar-refractivity contribution in [3.05, 3.63) is 12.7 Å². The van der Waals surface area contributed by atoms with E-state index in [0.717, 1.165) is 6.42 Å². The van der Waals surface area contributed by atoms with Crippen LogP contribution in [0.1, 0.15) is 47.0 Å². The molecule has 1 N–H and O–H groups in total. The molecule has 4 nitrogen and oxygen atoms in total. The Kier molecular flexibility index (Phi) is 5.15. The van der Waals surface area contributed by atoms with Gasteiger partial charge < -0.3 is 10.2 Å². The van der Waals surface area contributed by atoms with Gasteiger partial charge in [-0.25, -0.2) is 0 Å². The average Bonchev–Trinajstić information content (AvgIpc) is 2.42. The molecular weight excluding hydrogens is 240 g/mol. The molecule has 0 aliphatic carbocycles. The van der Waals surface area contributed by atoms with Crippen LogP contribution in [-0.4, -0.2) is 34.8 Å². The van der Waals surface area contributed by atoms with Crippen LogP contribution in [0, 0.1) is 5.92 Å². The third kappa shape index (κ3) is 2.67. The van der Waals surface area contributed by atoms with E-state index in [1.54, 1.807) is 11.0 Å². The Morgan fingerprint density at radius 3 is 2.37 bits per heavy atom. The van der Waals surface area contributed by atoms with Crippen molar-refractivity contribution < 1.29 is 9.59 Å². The van der Waals surface area contributed by atoms with Crippen molar-refractivity contribution in [2.45, 2.75) is 58.5 Å². The van der Waals surface area contributed by atoms with E-state index in [4.69, 9.17) is 0 Å². The first-order valence-corrected chi connectivity index (χ1v) is 7.21. The summed E-state index contributed by atoms with van der Waals surface area (Å²) in [4.78, 5) is 26.9. The molecule has 108 valence electrons. The summed E-state index contributed by atoms with van der Waals surface area (Å²) in [7, 11) is 0. The molecule has 2 atom stereocenters. The molecule has 1 fully saturated rings. The zero-order chi connectivity index (χ0) is 14.6. The monoisotopic (exact) mass is 266 g/mol. The van der Waals surface area contributed by atoms with E-state index < -0.39 is 5.54 Å². The van der Waals surface area contributed by atoms with Gasteiger partial charge in [-0.1, -0.05) is 40.2 Å². The summed E-state index contributed by atoms with van der Waals surface area (Å²) in [5.74, 6) is 0.150. The molecule has 0 radical (unpaired) electrons. The zero-order valence-corrected chi connectivity index (χ0v) is 12.5. The Morgan fingerprint density at radius 1 is 1.37 bits per heavy atom. The highest BCUT2D eigenvalue weighted by Gasteiger charge is 2.49. The quantitative estimate of drug-likeness (QED) is 0.749. The molecule has 0 aromatic carbocycles. The first-order valence-electron chi connectivity index (χ1n) is 7.21. The van der Waals surface area contributed by atoms with Crippen molar-refractivity contribution in [2.75, 3.05) is 6.54 Å². The first-order chi connectivity index (χ1) is 8.97. The summed E-state index contributed by atoms with van der Waals surface area (Å²) in [6.45, 7) is 12.1. The molecule has 1 aliphatic heterocycles. The zero-order valence-electron chi connectivity index (χ0n) is 12.5. The van der Waals surface area contributed by atoms with E-state index in [9.17, 15) is 9.59 Å². The molecule has 0 bridgehead atoms.